The first-order valence-electron chi connectivity index (χ1n) is 6.25. The van der Waals surface area contributed by atoms with Gasteiger partial charge in [-0.15, -0.1) is 0 Å². The molecule has 0 bridgehead atoms. The van der Waals surface area contributed by atoms with Crippen LogP contribution in [0.4, 0.5) is 14.7 Å². The number of rotatable bonds is 2. The first-order chi connectivity index (χ1) is 9.63. The Bertz CT molecular complexity index is 644. The van der Waals surface area contributed by atoms with Gasteiger partial charge in [-0.05, 0) is 42.6 Å². The number of hydrogen-bond donors (Lipinski definition) is 0. The Kier molecular flexibility index (Phi) is 3.48. The normalized spacial score (nSPS) is 14.8. The van der Waals surface area contributed by atoms with Gasteiger partial charge in [-0.25, -0.2) is 8.78 Å². The Morgan fingerprint density at radius 2 is 1.80 bits per heavy atom. The van der Waals surface area contributed by atoms with Crippen LogP contribution in [0.25, 0.3) is 11.4 Å². The van der Waals surface area contributed by atoms with Crippen LogP contribution in [0.15, 0.2) is 18.2 Å². The van der Waals surface area contributed by atoms with Gasteiger partial charge in [0.1, 0.15) is 11.6 Å². The molecule has 1 aliphatic rings. The number of aromatic nitrogens is 3. The zero-order valence-corrected chi connectivity index (χ0v) is 11.2. The van der Waals surface area contributed by atoms with Gasteiger partial charge in [0.05, 0.1) is 5.56 Å². The third kappa shape index (κ3) is 2.56. The SMILES string of the molecule is Fc1ccc(F)c(-c2nc(Cl)nc(N3CCCC3)n2)c1. The van der Waals surface area contributed by atoms with E-state index in [-0.39, 0.29) is 16.7 Å². The molecule has 1 aromatic heterocycles. The molecule has 0 spiro atoms. The lowest BCUT2D eigenvalue weighted by Gasteiger charge is -2.15. The van der Waals surface area contributed by atoms with Gasteiger partial charge in [-0.2, -0.15) is 15.0 Å². The van der Waals surface area contributed by atoms with Crippen LogP contribution in [0.1, 0.15) is 12.8 Å². The standard InChI is InChI=1S/C13H11ClF2N4/c14-12-17-11(9-7-8(15)3-4-10(9)16)18-13(19-12)20-5-1-2-6-20/h3-4,7H,1-2,5-6H2. The molecular formula is C13H11ClF2N4. The Morgan fingerprint density at radius 3 is 2.55 bits per heavy atom. The fourth-order valence-electron chi connectivity index (χ4n) is 2.19. The lowest BCUT2D eigenvalue weighted by molar-refractivity contribution is 0.602. The van der Waals surface area contributed by atoms with Gasteiger partial charge in [0, 0.05) is 13.1 Å². The van der Waals surface area contributed by atoms with Crippen molar-refractivity contribution >= 4 is 17.5 Å². The van der Waals surface area contributed by atoms with Crippen LogP contribution in [0.3, 0.4) is 0 Å². The van der Waals surface area contributed by atoms with Gasteiger partial charge in [-0.3, -0.25) is 0 Å². The number of anilines is 1. The molecule has 1 saturated heterocycles. The number of nitrogens with zero attached hydrogens (tertiary/aromatic N) is 4. The molecule has 0 N–H and O–H groups in total. The summed E-state index contributed by atoms with van der Waals surface area (Å²) in [5.74, 6) is -0.702. The molecule has 2 heterocycles. The highest BCUT2D eigenvalue weighted by Gasteiger charge is 2.19. The monoisotopic (exact) mass is 296 g/mol. The number of halogens is 3. The predicted octanol–water partition coefficient (Wildman–Crippen LogP) is 3.07. The maximum absolute atomic E-state index is 13.8. The largest absolute Gasteiger partial charge is 0.341 e. The van der Waals surface area contributed by atoms with Gasteiger partial charge in [0.15, 0.2) is 5.82 Å². The van der Waals surface area contributed by atoms with E-state index >= 15 is 0 Å². The molecule has 2 aromatic rings. The molecule has 104 valence electrons. The molecule has 0 amide bonds. The van der Waals surface area contributed by atoms with Crippen molar-refractivity contribution in [3.63, 3.8) is 0 Å². The summed E-state index contributed by atoms with van der Waals surface area (Å²) in [7, 11) is 0. The molecule has 1 aromatic carbocycles. The van der Waals surface area contributed by atoms with E-state index in [9.17, 15) is 8.78 Å². The van der Waals surface area contributed by atoms with Gasteiger partial charge in [0.25, 0.3) is 0 Å². The second-order valence-electron chi connectivity index (χ2n) is 4.55. The molecule has 20 heavy (non-hydrogen) atoms. The summed E-state index contributed by atoms with van der Waals surface area (Å²) >= 11 is 5.87. The summed E-state index contributed by atoms with van der Waals surface area (Å²) in [6.07, 6.45) is 2.10. The molecular weight excluding hydrogens is 286 g/mol. The van der Waals surface area contributed by atoms with E-state index in [1.807, 2.05) is 4.90 Å². The van der Waals surface area contributed by atoms with E-state index < -0.39 is 11.6 Å². The van der Waals surface area contributed by atoms with Gasteiger partial charge in [0.2, 0.25) is 11.2 Å². The van der Waals surface area contributed by atoms with E-state index in [0.29, 0.717) is 5.95 Å². The van der Waals surface area contributed by atoms with Crippen molar-refractivity contribution in [3.05, 3.63) is 35.1 Å². The Hall–Kier alpha value is -1.82. The lowest BCUT2D eigenvalue weighted by Crippen LogP contribution is -2.21. The Balaban J connectivity index is 2.06. The van der Waals surface area contributed by atoms with Gasteiger partial charge in [-0.1, -0.05) is 0 Å². The van der Waals surface area contributed by atoms with Crippen LogP contribution in [0.5, 0.6) is 0 Å². The van der Waals surface area contributed by atoms with E-state index in [1.165, 1.54) is 0 Å². The van der Waals surface area contributed by atoms with Crippen LogP contribution in [-0.2, 0) is 0 Å². The average Bonchev–Trinajstić information content (AvgIpc) is 2.95. The minimum atomic E-state index is -0.596. The Labute approximate surface area is 119 Å². The molecule has 1 aliphatic heterocycles. The third-order valence-electron chi connectivity index (χ3n) is 3.15. The van der Waals surface area contributed by atoms with Gasteiger partial charge < -0.3 is 4.90 Å². The molecule has 7 heteroatoms. The fraction of sp³-hybridized carbons (Fsp3) is 0.308. The van der Waals surface area contributed by atoms with Crippen LogP contribution in [0, 0.1) is 11.6 Å². The van der Waals surface area contributed by atoms with Crippen molar-refractivity contribution in [2.24, 2.45) is 0 Å². The van der Waals surface area contributed by atoms with E-state index in [2.05, 4.69) is 15.0 Å². The van der Waals surface area contributed by atoms with Crippen LogP contribution in [-0.4, -0.2) is 28.0 Å². The maximum Gasteiger partial charge on any atom is 0.230 e. The molecule has 3 rings (SSSR count). The minimum Gasteiger partial charge on any atom is -0.341 e. The molecule has 0 unspecified atom stereocenters. The lowest BCUT2D eigenvalue weighted by atomic mass is 10.2. The zero-order valence-electron chi connectivity index (χ0n) is 10.5. The first kappa shape index (κ1) is 13.2. The van der Waals surface area contributed by atoms with Crippen molar-refractivity contribution in [3.8, 4) is 11.4 Å². The average molecular weight is 297 g/mol. The van der Waals surface area contributed by atoms with Crippen molar-refractivity contribution < 1.29 is 8.78 Å². The third-order valence-corrected chi connectivity index (χ3v) is 3.32. The van der Waals surface area contributed by atoms with E-state index in [4.69, 9.17) is 11.6 Å². The summed E-state index contributed by atoms with van der Waals surface area (Å²) in [6.45, 7) is 1.65. The van der Waals surface area contributed by atoms with Gasteiger partial charge >= 0.3 is 0 Å². The quantitative estimate of drug-likeness (QED) is 0.854. The molecule has 0 atom stereocenters. The van der Waals surface area contributed by atoms with Crippen LogP contribution in [0.2, 0.25) is 5.28 Å². The highest BCUT2D eigenvalue weighted by atomic mass is 35.5. The first-order valence-corrected chi connectivity index (χ1v) is 6.63. The highest BCUT2D eigenvalue weighted by Crippen LogP contribution is 2.24. The van der Waals surface area contributed by atoms with E-state index in [0.717, 1.165) is 44.1 Å². The predicted molar refractivity (Wildman–Crippen MR) is 71.6 cm³/mol. The number of benzene rings is 1. The number of hydrogen-bond acceptors (Lipinski definition) is 4. The molecule has 1 fully saturated rings. The molecule has 4 nitrogen and oxygen atoms in total. The minimum absolute atomic E-state index is 0.0188. The summed E-state index contributed by atoms with van der Waals surface area (Å²) in [6, 6.07) is 3.13. The Morgan fingerprint density at radius 1 is 1.05 bits per heavy atom. The zero-order chi connectivity index (χ0) is 14.1. The molecule has 0 saturated carbocycles. The topological polar surface area (TPSA) is 41.9 Å². The van der Waals surface area contributed by atoms with Crippen LogP contribution < -0.4 is 4.90 Å². The summed E-state index contributed by atoms with van der Waals surface area (Å²) in [5, 5.41) is -0.0273. The van der Waals surface area contributed by atoms with Crippen molar-refractivity contribution in [1.82, 2.24) is 15.0 Å². The second-order valence-corrected chi connectivity index (χ2v) is 4.88. The second kappa shape index (κ2) is 5.28. The van der Waals surface area contributed by atoms with Crippen molar-refractivity contribution in [1.29, 1.82) is 0 Å². The van der Waals surface area contributed by atoms with Crippen LogP contribution >= 0.6 is 11.6 Å². The molecule has 0 radical (unpaired) electrons. The summed E-state index contributed by atoms with van der Waals surface area (Å²) in [4.78, 5) is 14.1. The molecule has 0 aliphatic carbocycles. The highest BCUT2D eigenvalue weighted by molar-refractivity contribution is 6.28. The summed E-state index contributed by atoms with van der Waals surface area (Å²) in [5.41, 5.74) is -0.0188. The summed E-state index contributed by atoms with van der Waals surface area (Å²) < 4.78 is 27.0. The van der Waals surface area contributed by atoms with Crippen molar-refractivity contribution in [2.75, 3.05) is 18.0 Å². The van der Waals surface area contributed by atoms with E-state index in [1.54, 1.807) is 0 Å². The van der Waals surface area contributed by atoms with Crippen molar-refractivity contribution in [2.45, 2.75) is 12.8 Å². The maximum atomic E-state index is 13.8. The fourth-order valence-corrected chi connectivity index (χ4v) is 2.34. The smallest absolute Gasteiger partial charge is 0.230 e.